The van der Waals surface area contributed by atoms with Crippen LogP contribution in [0.25, 0.3) is 0 Å². The van der Waals surface area contributed by atoms with Crippen molar-refractivity contribution in [2.75, 3.05) is 31.1 Å². The molecule has 3 aromatic rings. The number of methoxy groups -OCH3 is 1. The van der Waals surface area contributed by atoms with Gasteiger partial charge < -0.3 is 14.4 Å². The lowest BCUT2D eigenvalue weighted by Gasteiger charge is -2.32. The van der Waals surface area contributed by atoms with Crippen LogP contribution >= 0.6 is 0 Å². The molecule has 0 unspecified atom stereocenters. The predicted molar refractivity (Wildman–Crippen MR) is 135 cm³/mol. The van der Waals surface area contributed by atoms with Gasteiger partial charge in [0.1, 0.15) is 22.9 Å². The van der Waals surface area contributed by atoms with Crippen molar-refractivity contribution in [3.8, 4) is 11.5 Å². The summed E-state index contributed by atoms with van der Waals surface area (Å²) >= 11 is 0. The van der Waals surface area contributed by atoms with Crippen molar-refractivity contribution in [1.29, 1.82) is 0 Å². The Morgan fingerprint density at radius 2 is 1.74 bits per heavy atom. The highest BCUT2D eigenvalue weighted by Crippen LogP contribution is 2.32. The van der Waals surface area contributed by atoms with Crippen molar-refractivity contribution in [2.24, 2.45) is 0 Å². The third-order valence-corrected chi connectivity index (χ3v) is 7.88. The van der Waals surface area contributed by atoms with Crippen LogP contribution in [-0.2, 0) is 27.8 Å². The zero-order valence-electron chi connectivity index (χ0n) is 20.2. The molecule has 4 rings (SSSR count). The standard InChI is InChI=1S/C27H30N2O5S/c1-4-34-24-12-10-23(11-13-24)29(35(31,32)26-17-20(2)9-14-25(26)33-3)19-27(30)28-16-15-21-7-5-6-8-22(21)18-28/h5-14,17H,4,15-16,18-19H2,1-3H3. The monoisotopic (exact) mass is 494 g/mol. The number of ether oxygens (including phenoxy) is 2. The molecule has 1 amide bonds. The summed E-state index contributed by atoms with van der Waals surface area (Å²) in [6.07, 6.45) is 0.740. The lowest BCUT2D eigenvalue weighted by Crippen LogP contribution is -2.44. The number of carbonyl (C=O) groups is 1. The summed E-state index contributed by atoms with van der Waals surface area (Å²) in [5.74, 6) is 0.593. The van der Waals surface area contributed by atoms with Crippen molar-refractivity contribution in [1.82, 2.24) is 4.90 Å². The van der Waals surface area contributed by atoms with Crippen molar-refractivity contribution >= 4 is 21.6 Å². The fraction of sp³-hybridized carbons (Fsp3) is 0.296. The van der Waals surface area contributed by atoms with E-state index >= 15 is 0 Å². The summed E-state index contributed by atoms with van der Waals surface area (Å²) in [5.41, 5.74) is 3.46. The van der Waals surface area contributed by atoms with E-state index < -0.39 is 10.0 Å². The van der Waals surface area contributed by atoms with Gasteiger partial charge in [-0.05, 0) is 73.4 Å². The van der Waals surface area contributed by atoms with E-state index in [1.807, 2.05) is 32.0 Å². The summed E-state index contributed by atoms with van der Waals surface area (Å²) in [5, 5.41) is 0. The molecule has 0 bridgehead atoms. The average molecular weight is 495 g/mol. The topological polar surface area (TPSA) is 76.2 Å². The quantitative estimate of drug-likeness (QED) is 0.470. The second-order valence-corrected chi connectivity index (χ2v) is 10.3. The van der Waals surface area contributed by atoms with Gasteiger partial charge in [0, 0.05) is 13.1 Å². The molecule has 7 nitrogen and oxygen atoms in total. The minimum Gasteiger partial charge on any atom is -0.495 e. The first-order valence-corrected chi connectivity index (χ1v) is 13.0. The molecular formula is C27H30N2O5S. The van der Waals surface area contributed by atoms with Crippen LogP contribution in [-0.4, -0.2) is 46.0 Å². The van der Waals surface area contributed by atoms with Gasteiger partial charge >= 0.3 is 0 Å². The lowest BCUT2D eigenvalue weighted by atomic mass is 10.00. The van der Waals surface area contributed by atoms with Crippen LogP contribution < -0.4 is 13.8 Å². The van der Waals surface area contributed by atoms with E-state index in [1.54, 1.807) is 47.4 Å². The number of rotatable bonds is 8. The van der Waals surface area contributed by atoms with E-state index in [-0.39, 0.29) is 23.1 Å². The summed E-state index contributed by atoms with van der Waals surface area (Å²) < 4.78 is 39.9. The maximum absolute atomic E-state index is 13.9. The largest absolute Gasteiger partial charge is 0.495 e. The van der Waals surface area contributed by atoms with Gasteiger partial charge in [0.2, 0.25) is 5.91 Å². The number of fused-ring (bicyclic) bond motifs is 1. The second kappa shape index (κ2) is 10.4. The second-order valence-electron chi connectivity index (χ2n) is 8.43. The molecule has 1 aliphatic heterocycles. The Morgan fingerprint density at radius 3 is 2.43 bits per heavy atom. The number of aryl methyl sites for hydroxylation is 1. The Balaban J connectivity index is 1.70. The summed E-state index contributed by atoms with van der Waals surface area (Å²) in [6.45, 7) is 4.87. The van der Waals surface area contributed by atoms with Gasteiger partial charge in [-0.1, -0.05) is 30.3 Å². The van der Waals surface area contributed by atoms with Crippen molar-refractivity contribution in [3.05, 3.63) is 83.4 Å². The van der Waals surface area contributed by atoms with Crippen molar-refractivity contribution in [3.63, 3.8) is 0 Å². The maximum atomic E-state index is 13.9. The molecule has 0 N–H and O–H groups in total. The first-order valence-electron chi connectivity index (χ1n) is 11.6. The van der Waals surface area contributed by atoms with Crippen LogP contribution in [0.2, 0.25) is 0 Å². The van der Waals surface area contributed by atoms with Gasteiger partial charge in [0.15, 0.2) is 0 Å². The molecule has 1 heterocycles. The number of nitrogens with zero attached hydrogens (tertiary/aromatic N) is 2. The van der Waals surface area contributed by atoms with Crippen LogP contribution in [0, 0.1) is 6.92 Å². The number of hydrogen-bond acceptors (Lipinski definition) is 5. The maximum Gasteiger partial charge on any atom is 0.268 e. The minimum atomic E-state index is -4.12. The fourth-order valence-corrected chi connectivity index (χ4v) is 5.88. The molecular weight excluding hydrogens is 464 g/mol. The van der Waals surface area contributed by atoms with Crippen LogP contribution in [0.15, 0.2) is 71.6 Å². The smallest absolute Gasteiger partial charge is 0.268 e. The molecule has 0 radical (unpaired) electrons. The Hall–Kier alpha value is -3.52. The Labute approximate surface area is 206 Å². The fourth-order valence-electron chi connectivity index (χ4n) is 4.23. The van der Waals surface area contributed by atoms with E-state index in [0.717, 1.165) is 21.9 Å². The molecule has 0 spiro atoms. The zero-order chi connectivity index (χ0) is 25.0. The molecule has 184 valence electrons. The molecule has 0 atom stereocenters. The summed E-state index contributed by atoms with van der Waals surface area (Å²) in [6, 6.07) is 19.7. The Bertz CT molecular complexity index is 1310. The van der Waals surface area contributed by atoms with E-state index in [4.69, 9.17) is 9.47 Å². The number of carbonyl (C=O) groups excluding carboxylic acids is 1. The van der Waals surface area contributed by atoms with Crippen LogP contribution in [0.1, 0.15) is 23.6 Å². The van der Waals surface area contributed by atoms with Crippen LogP contribution in [0.5, 0.6) is 11.5 Å². The molecule has 0 aromatic heterocycles. The number of sulfonamides is 1. The molecule has 3 aromatic carbocycles. The number of amides is 1. The van der Waals surface area contributed by atoms with Crippen LogP contribution in [0.3, 0.4) is 0 Å². The van der Waals surface area contributed by atoms with E-state index in [9.17, 15) is 13.2 Å². The molecule has 35 heavy (non-hydrogen) atoms. The lowest BCUT2D eigenvalue weighted by molar-refractivity contribution is -0.130. The van der Waals surface area contributed by atoms with Crippen molar-refractivity contribution in [2.45, 2.75) is 31.7 Å². The first kappa shape index (κ1) is 24.6. The molecule has 0 aliphatic carbocycles. The predicted octanol–water partition coefficient (Wildman–Crippen LogP) is 4.18. The Morgan fingerprint density at radius 1 is 1.03 bits per heavy atom. The first-order chi connectivity index (χ1) is 16.8. The van der Waals surface area contributed by atoms with Crippen molar-refractivity contribution < 1.29 is 22.7 Å². The van der Waals surface area contributed by atoms with Gasteiger partial charge in [0.05, 0.1) is 19.4 Å². The van der Waals surface area contributed by atoms with Gasteiger partial charge in [-0.3, -0.25) is 9.10 Å². The molecule has 1 aliphatic rings. The molecule has 0 saturated heterocycles. The summed E-state index contributed by atoms with van der Waals surface area (Å²) in [7, 11) is -2.69. The van der Waals surface area contributed by atoms with E-state index in [2.05, 4.69) is 6.07 Å². The Kier molecular flexibility index (Phi) is 7.31. The minimum absolute atomic E-state index is 0.0191. The van der Waals surface area contributed by atoms with Crippen LogP contribution in [0.4, 0.5) is 5.69 Å². The highest BCUT2D eigenvalue weighted by molar-refractivity contribution is 7.93. The highest BCUT2D eigenvalue weighted by Gasteiger charge is 2.32. The zero-order valence-corrected chi connectivity index (χ0v) is 21.0. The highest BCUT2D eigenvalue weighted by atomic mass is 32.2. The normalized spacial score (nSPS) is 13.2. The summed E-state index contributed by atoms with van der Waals surface area (Å²) in [4.78, 5) is 15.2. The number of anilines is 1. The third kappa shape index (κ3) is 5.27. The van der Waals surface area contributed by atoms with Gasteiger partial charge in [-0.2, -0.15) is 0 Å². The van der Waals surface area contributed by atoms with Gasteiger partial charge in [0.25, 0.3) is 10.0 Å². The SMILES string of the molecule is CCOc1ccc(N(CC(=O)N2CCc3ccccc3C2)S(=O)(=O)c2cc(C)ccc2OC)cc1. The molecule has 0 saturated carbocycles. The third-order valence-electron chi connectivity index (χ3n) is 6.09. The van der Waals surface area contributed by atoms with E-state index in [1.165, 1.54) is 12.7 Å². The number of hydrogen-bond donors (Lipinski definition) is 0. The van der Waals surface area contributed by atoms with E-state index in [0.29, 0.717) is 31.1 Å². The number of benzene rings is 3. The van der Waals surface area contributed by atoms with Gasteiger partial charge in [-0.15, -0.1) is 0 Å². The molecule has 8 heteroatoms. The van der Waals surface area contributed by atoms with Gasteiger partial charge in [-0.25, -0.2) is 8.42 Å². The average Bonchev–Trinajstić information content (AvgIpc) is 2.87. The molecule has 0 fully saturated rings.